The first-order valence-electron chi connectivity index (χ1n) is 7.77. The van der Waals surface area contributed by atoms with Crippen molar-refractivity contribution in [3.63, 3.8) is 0 Å². The summed E-state index contributed by atoms with van der Waals surface area (Å²) in [7, 11) is 1.11. The Bertz CT molecular complexity index is 412. The average Bonchev–Trinajstić information content (AvgIpc) is 2.90. The van der Waals surface area contributed by atoms with Crippen molar-refractivity contribution in [2.75, 3.05) is 0 Å². The van der Waals surface area contributed by atoms with Crippen molar-refractivity contribution in [1.29, 1.82) is 0 Å². The van der Waals surface area contributed by atoms with Crippen LogP contribution in [0.3, 0.4) is 0 Å². The van der Waals surface area contributed by atoms with Crippen molar-refractivity contribution in [2.24, 2.45) is 16.7 Å². The average molecular weight is 284 g/mol. The van der Waals surface area contributed by atoms with Gasteiger partial charge in [-0.15, -0.1) is 8.58 Å². The van der Waals surface area contributed by atoms with Crippen LogP contribution in [0.15, 0.2) is 0 Å². The number of rotatable bonds is 1. The van der Waals surface area contributed by atoms with E-state index in [-0.39, 0.29) is 16.7 Å². The maximum atomic E-state index is 11.3. The van der Waals surface area contributed by atoms with Crippen molar-refractivity contribution in [2.45, 2.75) is 82.8 Å². The highest BCUT2D eigenvalue weighted by Crippen LogP contribution is 2.75. The predicted molar refractivity (Wildman–Crippen MR) is 81.0 cm³/mol. The molecule has 110 valence electrons. The monoisotopic (exact) mass is 284 g/mol. The second-order valence-electron chi connectivity index (χ2n) is 8.41. The zero-order chi connectivity index (χ0) is 14.3. The van der Waals surface area contributed by atoms with Crippen LogP contribution in [0.5, 0.6) is 0 Å². The summed E-state index contributed by atoms with van der Waals surface area (Å²) >= 11 is 0. The van der Waals surface area contributed by atoms with Crippen LogP contribution in [-0.4, -0.2) is 32.7 Å². The Labute approximate surface area is 119 Å². The summed E-state index contributed by atoms with van der Waals surface area (Å²) in [5.41, 5.74) is -0.120. The van der Waals surface area contributed by atoms with Crippen LogP contribution in [0.25, 0.3) is 0 Å². The summed E-state index contributed by atoms with van der Waals surface area (Å²) in [6.45, 7) is 11.1. The standard InChI is InChI=1S/C16H29O2P/c1-10(2)16(18)11(17)8-13(3)9-12-14(4,19-12)6-7-15(13,16)5/h10-12,17-19H,6-9H2,1-5H3/t11-,12-,13+,14+,15+,16-/m0/s1. The Morgan fingerprint density at radius 3 is 2.32 bits per heavy atom. The molecule has 0 aromatic rings. The van der Waals surface area contributed by atoms with Crippen LogP contribution in [0.4, 0.5) is 0 Å². The summed E-state index contributed by atoms with van der Waals surface area (Å²) in [5, 5.41) is 22.5. The Balaban J connectivity index is 2.04. The van der Waals surface area contributed by atoms with Crippen LogP contribution >= 0.6 is 8.58 Å². The molecule has 1 saturated heterocycles. The highest BCUT2D eigenvalue weighted by molar-refractivity contribution is 7.50. The van der Waals surface area contributed by atoms with Crippen LogP contribution in [0.1, 0.15) is 60.3 Å². The third kappa shape index (κ3) is 1.54. The lowest BCUT2D eigenvalue weighted by Crippen LogP contribution is -2.56. The maximum Gasteiger partial charge on any atom is 0.0986 e. The lowest BCUT2D eigenvalue weighted by atomic mass is 9.57. The summed E-state index contributed by atoms with van der Waals surface area (Å²) < 4.78 is 0. The molecule has 0 radical (unpaired) electrons. The molecule has 19 heavy (non-hydrogen) atoms. The van der Waals surface area contributed by atoms with Crippen molar-refractivity contribution in [3.8, 4) is 0 Å². The topological polar surface area (TPSA) is 40.5 Å². The SMILES string of the molecule is CC(C)[C@]1(O)[C@@H](O)C[C@]2(C)C[C@@H]3P[C@]3(C)CC[C@]21C. The van der Waals surface area contributed by atoms with Gasteiger partial charge in [-0.3, -0.25) is 0 Å². The molecule has 1 aliphatic heterocycles. The minimum atomic E-state index is -0.919. The van der Waals surface area contributed by atoms with Crippen LogP contribution < -0.4 is 0 Å². The molecule has 1 heterocycles. The molecule has 2 aliphatic carbocycles. The Morgan fingerprint density at radius 2 is 1.74 bits per heavy atom. The molecule has 0 amide bonds. The molecule has 0 bridgehead atoms. The Morgan fingerprint density at radius 1 is 1.11 bits per heavy atom. The van der Waals surface area contributed by atoms with Gasteiger partial charge in [0, 0.05) is 5.41 Å². The van der Waals surface area contributed by atoms with E-state index >= 15 is 0 Å². The van der Waals surface area contributed by atoms with E-state index in [1.807, 2.05) is 0 Å². The van der Waals surface area contributed by atoms with Gasteiger partial charge in [0.25, 0.3) is 0 Å². The molecule has 2 saturated carbocycles. The first-order valence-corrected chi connectivity index (χ1v) is 8.85. The van der Waals surface area contributed by atoms with Crippen molar-refractivity contribution in [3.05, 3.63) is 0 Å². The van der Waals surface area contributed by atoms with E-state index in [0.717, 1.165) is 27.1 Å². The first-order chi connectivity index (χ1) is 8.59. The highest BCUT2D eigenvalue weighted by Gasteiger charge is 2.71. The third-order valence-corrected chi connectivity index (χ3v) is 9.37. The van der Waals surface area contributed by atoms with E-state index in [0.29, 0.717) is 5.16 Å². The molecule has 3 fully saturated rings. The fourth-order valence-corrected chi connectivity index (χ4v) is 7.11. The highest BCUT2D eigenvalue weighted by atomic mass is 31.1. The molecule has 7 atom stereocenters. The van der Waals surface area contributed by atoms with Crippen molar-refractivity contribution in [1.82, 2.24) is 0 Å². The van der Waals surface area contributed by atoms with Gasteiger partial charge in [0.15, 0.2) is 0 Å². The fraction of sp³-hybridized carbons (Fsp3) is 1.00. The van der Waals surface area contributed by atoms with E-state index < -0.39 is 11.7 Å². The van der Waals surface area contributed by atoms with Gasteiger partial charge in [-0.2, -0.15) is 0 Å². The van der Waals surface area contributed by atoms with E-state index in [9.17, 15) is 10.2 Å². The molecule has 3 rings (SSSR count). The number of aliphatic hydroxyl groups is 2. The van der Waals surface area contributed by atoms with Crippen LogP contribution in [-0.2, 0) is 0 Å². The molecule has 2 nitrogen and oxygen atoms in total. The van der Waals surface area contributed by atoms with Gasteiger partial charge in [0.2, 0.25) is 0 Å². The van der Waals surface area contributed by atoms with Gasteiger partial charge in [0.05, 0.1) is 11.7 Å². The molecule has 0 spiro atoms. The van der Waals surface area contributed by atoms with E-state index in [4.69, 9.17) is 0 Å². The van der Waals surface area contributed by atoms with Crippen molar-refractivity contribution < 1.29 is 10.2 Å². The predicted octanol–water partition coefficient (Wildman–Crippen LogP) is 3.15. The minimum absolute atomic E-state index is 0.0946. The second-order valence-corrected chi connectivity index (χ2v) is 10.5. The van der Waals surface area contributed by atoms with E-state index in [1.165, 1.54) is 12.8 Å². The van der Waals surface area contributed by atoms with Gasteiger partial charge < -0.3 is 10.2 Å². The van der Waals surface area contributed by atoms with Gasteiger partial charge >= 0.3 is 0 Å². The number of hydrogen-bond donors (Lipinski definition) is 2. The fourth-order valence-electron chi connectivity index (χ4n) is 5.33. The quantitative estimate of drug-likeness (QED) is 0.726. The molecule has 0 aromatic heterocycles. The minimum Gasteiger partial charge on any atom is -0.390 e. The molecular weight excluding hydrogens is 255 g/mol. The molecule has 0 aromatic carbocycles. The van der Waals surface area contributed by atoms with Gasteiger partial charge in [0.1, 0.15) is 0 Å². The molecule has 2 N–H and O–H groups in total. The second kappa shape index (κ2) is 3.76. The smallest absolute Gasteiger partial charge is 0.0986 e. The lowest BCUT2D eigenvalue weighted by molar-refractivity contribution is -0.166. The zero-order valence-corrected chi connectivity index (χ0v) is 14.0. The third-order valence-electron chi connectivity index (χ3n) is 7.24. The first kappa shape index (κ1) is 14.3. The van der Waals surface area contributed by atoms with Gasteiger partial charge in [-0.05, 0) is 47.8 Å². The largest absolute Gasteiger partial charge is 0.390 e. The Kier molecular flexibility index (Phi) is 2.83. The van der Waals surface area contributed by atoms with Crippen LogP contribution in [0, 0.1) is 16.7 Å². The zero-order valence-electron chi connectivity index (χ0n) is 13.0. The van der Waals surface area contributed by atoms with Crippen molar-refractivity contribution >= 4 is 8.58 Å². The molecule has 1 unspecified atom stereocenters. The van der Waals surface area contributed by atoms with Gasteiger partial charge in [-0.25, -0.2) is 0 Å². The van der Waals surface area contributed by atoms with E-state index in [2.05, 4.69) is 34.6 Å². The molecule has 3 aliphatic rings. The lowest BCUT2D eigenvalue weighted by Gasteiger charge is -2.50. The summed E-state index contributed by atoms with van der Waals surface area (Å²) in [6, 6.07) is 0. The number of aliphatic hydroxyl groups excluding tert-OH is 1. The normalized spacial score (nSPS) is 61.9. The summed E-state index contributed by atoms with van der Waals surface area (Å²) in [5.74, 6) is 0.110. The molecule has 3 heteroatoms. The summed E-state index contributed by atoms with van der Waals surface area (Å²) in [6.07, 6.45) is 3.70. The van der Waals surface area contributed by atoms with E-state index in [1.54, 1.807) is 0 Å². The maximum absolute atomic E-state index is 11.3. The summed E-state index contributed by atoms with van der Waals surface area (Å²) in [4.78, 5) is 0. The Hall–Kier alpha value is 0.350. The number of fused-ring (bicyclic) bond motifs is 2. The van der Waals surface area contributed by atoms with Gasteiger partial charge in [-0.1, -0.05) is 34.6 Å². The van der Waals surface area contributed by atoms with Crippen LogP contribution in [0.2, 0.25) is 0 Å². The number of hydrogen-bond acceptors (Lipinski definition) is 2. The molecular formula is C16H29O2P.